The zero-order valence-electron chi connectivity index (χ0n) is 11.7. The molecule has 2 heterocycles. The summed E-state index contributed by atoms with van der Waals surface area (Å²) in [5.41, 5.74) is 3.72. The molecule has 2 aromatic heterocycles. The molecule has 0 aliphatic rings. The van der Waals surface area contributed by atoms with Crippen LogP contribution in [0, 0.1) is 11.3 Å². The Kier molecular flexibility index (Phi) is 3.48. The summed E-state index contributed by atoms with van der Waals surface area (Å²) in [6, 6.07) is 15.8. The van der Waals surface area contributed by atoms with Crippen molar-refractivity contribution in [3.63, 3.8) is 0 Å². The predicted molar refractivity (Wildman–Crippen MR) is 83.9 cm³/mol. The molecule has 4 heteroatoms. The monoisotopic (exact) mass is 274 g/mol. The standard InChI is InChI=1S/C17H14N4/c1-2-19-13-7-8-20-16(10-13)14-9-12-5-3-4-6-15(12)21-17(14)11-18/h3-10H,2H2,1H3,(H,19,20). The minimum Gasteiger partial charge on any atom is -0.385 e. The molecule has 0 bridgehead atoms. The molecule has 3 aromatic rings. The van der Waals surface area contributed by atoms with Crippen molar-refractivity contribution in [2.45, 2.75) is 6.92 Å². The summed E-state index contributed by atoms with van der Waals surface area (Å²) in [6.07, 6.45) is 1.74. The Bertz CT molecular complexity index is 834. The van der Waals surface area contributed by atoms with Crippen LogP contribution in [0.15, 0.2) is 48.7 Å². The van der Waals surface area contributed by atoms with E-state index in [1.54, 1.807) is 6.20 Å². The van der Waals surface area contributed by atoms with Crippen molar-refractivity contribution in [2.24, 2.45) is 0 Å². The van der Waals surface area contributed by atoms with Gasteiger partial charge in [-0.15, -0.1) is 0 Å². The van der Waals surface area contributed by atoms with E-state index in [2.05, 4.69) is 21.4 Å². The number of benzene rings is 1. The summed E-state index contributed by atoms with van der Waals surface area (Å²) in [5, 5.41) is 13.6. The molecule has 0 aliphatic heterocycles. The van der Waals surface area contributed by atoms with Gasteiger partial charge in [0.1, 0.15) is 6.07 Å². The first-order valence-electron chi connectivity index (χ1n) is 6.82. The van der Waals surface area contributed by atoms with Crippen LogP contribution in [-0.4, -0.2) is 16.5 Å². The van der Waals surface area contributed by atoms with E-state index in [1.165, 1.54) is 0 Å². The van der Waals surface area contributed by atoms with Gasteiger partial charge >= 0.3 is 0 Å². The second-order valence-electron chi connectivity index (χ2n) is 4.65. The van der Waals surface area contributed by atoms with E-state index in [1.807, 2.05) is 49.4 Å². The number of rotatable bonds is 3. The minimum absolute atomic E-state index is 0.398. The Hall–Kier alpha value is -2.93. The van der Waals surface area contributed by atoms with Crippen LogP contribution in [0.4, 0.5) is 5.69 Å². The maximum Gasteiger partial charge on any atom is 0.150 e. The van der Waals surface area contributed by atoms with Gasteiger partial charge in [-0.2, -0.15) is 5.26 Å². The van der Waals surface area contributed by atoms with Crippen LogP contribution in [0.2, 0.25) is 0 Å². The summed E-state index contributed by atoms with van der Waals surface area (Å²) in [7, 11) is 0. The number of hydrogen-bond acceptors (Lipinski definition) is 4. The third-order valence-corrected chi connectivity index (χ3v) is 3.25. The molecule has 1 aromatic carbocycles. The molecule has 0 unspecified atom stereocenters. The van der Waals surface area contributed by atoms with Crippen LogP contribution >= 0.6 is 0 Å². The van der Waals surface area contributed by atoms with E-state index in [4.69, 9.17) is 0 Å². The van der Waals surface area contributed by atoms with Crippen molar-refractivity contribution < 1.29 is 0 Å². The molecule has 0 fully saturated rings. The smallest absolute Gasteiger partial charge is 0.150 e. The van der Waals surface area contributed by atoms with Crippen molar-refractivity contribution in [3.05, 3.63) is 54.4 Å². The topological polar surface area (TPSA) is 61.6 Å². The molecule has 0 saturated carbocycles. The van der Waals surface area contributed by atoms with E-state index >= 15 is 0 Å². The third-order valence-electron chi connectivity index (χ3n) is 3.25. The molecule has 0 atom stereocenters. The SMILES string of the molecule is CCNc1ccnc(-c2cc3ccccc3nc2C#N)c1. The Balaban J connectivity index is 2.19. The molecule has 3 rings (SSSR count). The summed E-state index contributed by atoms with van der Waals surface area (Å²) in [4.78, 5) is 8.80. The number of nitrogens with zero attached hydrogens (tertiary/aromatic N) is 3. The Labute approximate surface area is 123 Å². The highest BCUT2D eigenvalue weighted by atomic mass is 14.9. The maximum atomic E-state index is 9.36. The first kappa shape index (κ1) is 13.1. The second-order valence-corrected chi connectivity index (χ2v) is 4.65. The summed E-state index contributed by atoms with van der Waals surface area (Å²) in [6.45, 7) is 2.88. The number of pyridine rings is 2. The predicted octanol–water partition coefficient (Wildman–Crippen LogP) is 3.60. The van der Waals surface area contributed by atoms with E-state index < -0.39 is 0 Å². The van der Waals surface area contributed by atoms with Crippen molar-refractivity contribution >= 4 is 16.6 Å². The van der Waals surface area contributed by atoms with E-state index in [-0.39, 0.29) is 0 Å². The lowest BCUT2D eigenvalue weighted by atomic mass is 10.1. The van der Waals surface area contributed by atoms with Gasteiger partial charge in [0, 0.05) is 29.4 Å². The van der Waals surface area contributed by atoms with Crippen molar-refractivity contribution in [1.82, 2.24) is 9.97 Å². The Morgan fingerprint density at radius 2 is 2.05 bits per heavy atom. The lowest BCUT2D eigenvalue weighted by molar-refractivity contribution is 1.20. The van der Waals surface area contributed by atoms with Gasteiger partial charge in [0.15, 0.2) is 5.69 Å². The number of anilines is 1. The normalized spacial score (nSPS) is 10.3. The molecule has 4 nitrogen and oxygen atoms in total. The molecular weight excluding hydrogens is 260 g/mol. The average Bonchev–Trinajstić information content (AvgIpc) is 2.54. The lowest BCUT2D eigenvalue weighted by Crippen LogP contribution is -1.98. The third kappa shape index (κ3) is 2.54. The van der Waals surface area contributed by atoms with Gasteiger partial charge in [0.05, 0.1) is 11.2 Å². The molecule has 0 amide bonds. The highest BCUT2D eigenvalue weighted by molar-refractivity contribution is 5.85. The Morgan fingerprint density at radius 1 is 1.19 bits per heavy atom. The van der Waals surface area contributed by atoms with Crippen LogP contribution in [0.3, 0.4) is 0 Å². The van der Waals surface area contributed by atoms with Crippen LogP contribution in [0.1, 0.15) is 12.6 Å². The number of nitriles is 1. The number of hydrogen-bond donors (Lipinski definition) is 1. The van der Waals surface area contributed by atoms with Crippen LogP contribution in [-0.2, 0) is 0 Å². The highest BCUT2D eigenvalue weighted by Crippen LogP contribution is 2.26. The molecule has 0 saturated heterocycles. The molecule has 21 heavy (non-hydrogen) atoms. The zero-order chi connectivity index (χ0) is 14.7. The highest BCUT2D eigenvalue weighted by Gasteiger charge is 2.10. The van der Waals surface area contributed by atoms with Crippen LogP contribution < -0.4 is 5.32 Å². The second kappa shape index (κ2) is 5.59. The van der Waals surface area contributed by atoms with Gasteiger partial charge in [-0.1, -0.05) is 18.2 Å². The van der Waals surface area contributed by atoms with Crippen molar-refractivity contribution in [1.29, 1.82) is 5.26 Å². The molecule has 1 N–H and O–H groups in total. The number of nitrogens with one attached hydrogen (secondary N) is 1. The van der Waals surface area contributed by atoms with Crippen molar-refractivity contribution in [3.8, 4) is 17.3 Å². The van der Waals surface area contributed by atoms with Gasteiger partial charge in [-0.25, -0.2) is 4.98 Å². The summed E-state index contributed by atoms with van der Waals surface area (Å²) in [5.74, 6) is 0. The van der Waals surface area contributed by atoms with Gasteiger partial charge in [-0.3, -0.25) is 4.98 Å². The maximum absolute atomic E-state index is 9.36. The van der Waals surface area contributed by atoms with Gasteiger partial charge < -0.3 is 5.32 Å². The average molecular weight is 274 g/mol. The van der Waals surface area contributed by atoms with E-state index in [9.17, 15) is 5.26 Å². The fraction of sp³-hybridized carbons (Fsp3) is 0.118. The molecule has 0 spiro atoms. The van der Waals surface area contributed by atoms with Crippen LogP contribution in [0.5, 0.6) is 0 Å². The quantitative estimate of drug-likeness (QED) is 0.792. The van der Waals surface area contributed by atoms with Crippen molar-refractivity contribution in [2.75, 3.05) is 11.9 Å². The van der Waals surface area contributed by atoms with Crippen LogP contribution in [0.25, 0.3) is 22.2 Å². The number of para-hydroxylation sites is 1. The fourth-order valence-corrected chi connectivity index (χ4v) is 2.29. The lowest BCUT2D eigenvalue weighted by Gasteiger charge is -2.08. The molecular formula is C17H14N4. The molecule has 0 radical (unpaired) electrons. The molecule has 102 valence electrons. The minimum atomic E-state index is 0.398. The van der Waals surface area contributed by atoms with Gasteiger partial charge in [-0.05, 0) is 31.2 Å². The Morgan fingerprint density at radius 3 is 2.86 bits per heavy atom. The van der Waals surface area contributed by atoms with E-state index in [0.29, 0.717) is 5.69 Å². The number of aromatic nitrogens is 2. The van der Waals surface area contributed by atoms with E-state index in [0.717, 1.165) is 34.4 Å². The zero-order valence-corrected chi connectivity index (χ0v) is 11.7. The van der Waals surface area contributed by atoms with Gasteiger partial charge in [0.2, 0.25) is 0 Å². The number of fused-ring (bicyclic) bond motifs is 1. The largest absolute Gasteiger partial charge is 0.385 e. The summed E-state index contributed by atoms with van der Waals surface area (Å²) < 4.78 is 0. The molecule has 0 aliphatic carbocycles. The summed E-state index contributed by atoms with van der Waals surface area (Å²) >= 11 is 0. The first-order valence-corrected chi connectivity index (χ1v) is 6.82. The van der Waals surface area contributed by atoms with Gasteiger partial charge in [0.25, 0.3) is 0 Å². The fourth-order valence-electron chi connectivity index (χ4n) is 2.29. The first-order chi connectivity index (χ1) is 10.3.